The van der Waals surface area contributed by atoms with E-state index in [2.05, 4.69) is 25.9 Å². The van der Waals surface area contributed by atoms with Gasteiger partial charge in [-0.2, -0.15) is 0 Å². The Balaban J connectivity index is 2.02. The maximum Gasteiger partial charge on any atom is 0.167 e. The zero-order valence-corrected chi connectivity index (χ0v) is 7.99. The summed E-state index contributed by atoms with van der Waals surface area (Å²) >= 11 is 5.94. The van der Waals surface area contributed by atoms with Crippen LogP contribution in [0, 0.1) is 0 Å². The predicted octanol–water partition coefficient (Wildman–Crippen LogP) is 1.47. The molecule has 1 aromatic carbocycles. The molecule has 2 aromatic rings. The van der Waals surface area contributed by atoms with Gasteiger partial charge in [0, 0.05) is 0 Å². The molecule has 5 nitrogen and oxygen atoms in total. The molecule has 1 heterocycles. The summed E-state index contributed by atoms with van der Waals surface area (Å²) in [6, 6.07) is 7.50. The van der Waals surface area contributed by atoms with Gasteiger partial charge in [-0.1, -0.05) is 23.7 Å². The predicted molar refractivity (Wildman–Crippen MR) is 53.0 cm³/mol. The second-order valence-electron chi connectivity index (χ2n) is 2.68. The van der Waals surface area contributed by atoms with E-state index in [0.717, 1.165) is 5.69 Å². The van der Waals surface area contributed by atoms with E-state index in [1.807, 2.05) is 24.3 Å². The van der Waals surface area contributed by atoms with Crippen LogP contribution in [0.1, 0.15) is 5.82 Å². The Bertz CT molecular complexity index is 400. The van der Waals surface area contributed by atoms with E-state index >= 15 is 0 Å². The summed E-state index contributed by atoms with van der Waals surface area (Å²) < 4.78 is 0. The number of hydrogen-bond donors (Lipinski definition) is 2. The lowest BCUT2D eigenvalue weighted by atomic mass is 10.3. The first-order valence-electron chi connectivity index (χ1n) is 4.07. The van der Waals surface area contributed by atoms with Crippen molar-refractivity contribution in [1.82, 2.24) is 20.6 Å². The van der Waals surface area contributed by atoms with E-state index in [1.165, 1.54) is 0 Å². The number of hydrogen-bond acceptors (Lipinski definition) is 4. The molecule has 14 heavy (non-hydrogen) atoms. The van der Waals surface area contributed by atoms with Gasteiger partial charge in [0.25, 0.3) is 0 Å². The Morgan fingerprint density at radius 1 is 1.36 bits per heavy atom. The highest BCUT2D eigenvalue weighted by Crippen LogP contribution is 2.20. The van der Waals surface area contributed by atoms with Crippen molar-refractivity contribution in [3.05, 3.63) is 35.1 Å². The summed E-state index contributed by atoms with van der Waals surface area (Å²) in [6.07, 6.45) is 0. The zero-order valence-electron chi connectivity index (χ0n) is 7.24. The van der Waals surface area contributed by atoms with Gasteiger partial charge >= 0.3 is 0 Å². The van der Waals surface area contributed by atoms with Crippen LogP contribution in [0.3, 0.4) is 0 Å². The van der Waals surface area contributed by atoms with Gasteiger partial charge in [-0.05, 0) is 22.6 Å². The number of para-hydroxylation sites is 1. The Hall–Kier alpha value is -1.62. The second-order valence-corrected chi connectivity index (χ2v) is 3.09. The quantitative estimate of drug-likeness (QED) is 0.804. The zero-order chi connectivity index (χ0) is 9.80. The third-order valence-electron chi connectivity index (χ3n) is 1.71. The number of halogens is 1. The number of H-pyrrole nitrogens is 1. The van der Waals surface area contributed by atoms with Crippen molar-refractivity contribution in [1.29, 1.82) is 0 Å². The minimum absolute atomic E-state index is 0.525. The van der Waals surface area contributed by atoms with Crippen molar-refractivity contribution in [2.75, 3.05) is 5.32 Å². The lowest BCUT2D eigenvalue weighted by Crippen LogP contribution is -2.01. The number of aromatic amines is 1. The number of nitrogens with one attached hydrogen (secondary N) is 2. The molecule has 0 spiro atoms. The van der Waals surface area contributed by atoms with Crippen LogP contribution in [-0.4, -0.2) is 20.6 Å². The van der Waals surface area contributed by atoms with Crippen molar-refractivity contribution in [2.24, 2.45) is 0 Å². The summed E-state index contributed by atoms with van der Waals surface area (Å²) in [5.74, 6) is 0.671. The van der Waals surface area contributed by atoms with Crippen LogP contribution < -0.4 is 5.32 Å². The summed E-state index contributed by atoms with van der Waals surface area (Å²) in [5, 5.41) is 17.1. The molecule has 0 bridgehead atoms. The molecular weight excluding hydrogens is 202 g/mol. The Labute approximate surface area is 85.5 Å². The van der Waals surface area contributed by atoms with Crippen LogP contribution in [0.5, 0.6) is 0 Å². The van der Waals surface area contributed by atoms with E-state index in [0.29, 0.717) is 17.4 Å². The van der Waals surface area contributed by atoms with Crippen LogP contribution in [0.4, 0.5) is 5.69 Å². The summed E-state index contributed by atoms with van der Waals surface area (Å²) in [4.78, 5) is 0. The molecule has 0 atom stereocenters. The fourth-order valence-corrected chi connectivity index (χ4v) is 1.24. The molecule has 0 unspecified atom stereocenters. The molecule has 0 radical (unpaired) electrons. The minimum atomic E-state index is 0.525. The van der Waals surface area contributed by atoms with Crippen molar-refractivity contribution in [2.45, 2.75) is 6.54 Å². The highest BCUT2D eigenvalue weighted by atomic mass is 35.5. The number of nitrogens with zero attached hydrogens (tertiary/aromatic N) is 3. The van der Waals surface area contributed by atoms with Gasteiger partial charge in [-0.3, -0.25) is 0 Å². The van der Waals surface area contributed by atoms with E-state index in [1.54, 1.807) is 0 Å². The van der Waals surface area contributed by atoms with E-state index in [9.17, 15) is 0 Å². The van der Waals surface area contributed by atoms with Gasteiger partial charge < -0.3 is 5.32 Å². The van der Waals surface area contributed by atoms with Crippen LogP contribution in [0.15, 0.2) is 24.3 Å². The molecular formula is C8H8ClN5. The second kappa shape index (κ2) is 4.06. The molecule has 1 aromatic heterocycles. The van der Waals surface area contributed by atoms with Crippen LogP contribution in [0.2, 0.25) is 5.02 Å². The normalized spacial score (nSPS) is 10.1. The molecule has 6 heteroatoms. The molecule has 0 fully saturated rings. The summed E-state index contributed by atoms with van der Waals surface area (Å²) in [6.45, 7) is 0.525. The number of rotatable bonds is 3. The largest absolute Gasteiger partial charge is 0.376 e. The number of benzene rings is 1. The average molecular weight is 210 g/mol. The van der Waals surface area contributed by atoms with Crippen molar-refractivity contribution in [3.8, 4) is 0 Å². The van der Waals surface area contributed by atoms with Crippen molar-refractivity contribution in [3.63, 3.8) is 0 Å². The van der Waals surface area contributed by atoms with Crippen LogP contribution in [0.25, 0.3) is 0 Å². The number of anilines is 1. The Kier molecular flexibility index (Phi) is 2.60. The maximum absolute atomic E-state index is 5.94. The number of aromatic nitrogens is 4. The molecule has 0 aliphatic carbocycles. The average Bonchev–Trinajstić information content (AvgIpc) is 2.69. The summed E-state index contributed by atoms with van der Waals surface area (Å²) in [5.41, 5.74) is 0.866. The van der Waals surface area contributed by atoms with E-state index in [-0.39, 0.29) is 0 Å². The fraction of sp³-hybridized carbons (Fsp3) is 0.125. The highest BCUT2D eigenvalue weighted by molar-refractivity contribution is 6.33. The minimum Gasteiger partial charge on any atom is -0.376 e. The topological polar surface area (TPSA) is 66.5 Å². The van der Waals surface area contributed by atoms with Gasteiger partial charge in [-0.15, -0.1) is 5.10 Å². The SMILES string of the molecule is Clc1ccccc1NCc1nnn[nH]1. The maximum atomic E-state index is 5.94. The molecule has 0 aliphatic rings. The Morgan fingerprint density at radius 3 is 2.93 bits per heavy atom. The van der Waals surface area contributed by atoms with Crippen molar-refractivity contribution >= 4 is 17.3 Å². The summed E-state index contributed by atoms with van der Waals surface area (Å²) in [7, 11) is 0. The molecule has 0 aliphatic heterocycles. The third-order valence-corrected chi connectivity index (χ3v) is 2.04. The van der Waals surface area contributed by atoms with Crippen LogP contribution in [-0.2, 0) is 6.54 Å². The first-order chi connectivity index (χ1) is 6.86. The van der Waals surface area contributed by atoms with Gasteiger partial charge in [-0.25, -0.2) is 5.10 Å². The molecule has 0 saturated carbocycles. The Morgan fingerprint density at radius 2 is 2.21 bits per heavy atom. The monoisotopic (exact) mass is 209 g/mol. The van der Waals surface area contributed by atoms with Crippen molar-refractivity contribution < 1.29 is 0 Å². The molecule has 0 saturated heterocycles. The van der Waals surface area contributed by atoms with Gasteiger partial charge in [0.05, 0.1) is 17.3 Å². The molecule has 0 amide bonds. The first kappa shape index (κ1) is 8.96. The first-order valence-corrected chi connectivity index (χ1v) is 4.45. The van der Waals surface area contributed by atoms with Gasteiger partial charge in [0.1, 0.15) is 0 Å². The standard InChI is InChI=1S/C8H8ClN5/c9-6-3-1-2-4-7(6)10-5-8-11-13-14-12-8/h1-4,10H,5H2,(H,11,12,13,14). The smallest absolute Gasteiger partial charge is 0.167 e. The molecule has 2 N–H and O–H groups in total. The molecule has 2 rings (SSSR count). The van der Waals surface area contributed by atoms with E-state index in [4.69, 9.17) is 11.6 Å². The van der Waals surface area contributed by atoms with Crippen LogP contribution >= 0.6 is 11.6 Å². The fourth-order valence-electron chi connectivity index (χ4n) is 1.04. The highest BCUT2D eigenvalue weighted by Gasteiger charge is 1.99. The van der Waals surface area contributed by atoms with Gasteiger partial charge in [0.2, 0.25) is 0 Å². The molecule has 72 valence electrons. The lowest BCUT2D eigenvalue weighted by molar-refractivity contribution is 0.881. The van der Waals surface area contributed by atoms with Gasteiger partial charge in [0.15, 0.2) is 5.82 Å². The lowest BCUT2D eigenvalue weighted by Gasteiger charge is -2.04. The van der Waals surface area contributed by atoms with E-state index < -0.39 is 0 Å². The number of tetrazole rings is 1. The third kappa shape index (κ3) is 2.00.